The molecule has 2 rings (SSSR count). The van der Waals surface area contributed by atoms with Crippen LogP contribution in [0.2, 0.25) is 5.02 Å². The molecule has 0 unspecified atom stereocenters. The summed E-state index contributed by atoms with van der Waals surface area (Å²) in [5.41, 5.74) is 0.249. The van der Waals surface area contributed by atoms with Crippen LogP contribution in [0.4, 0.5) is 0 Å². The molecule has 0 aromatic heterocycles. The second-order valence-electron chi connectivity index (χ2n) is 6.09. The van der Waals surface area contributed by atoms with Gasteiger partial charge in [-0.15, -0.1) is 0 Å². The number of rotatable bonds is 8. The second kappa shape index (κ2) is 8.15. The maximum Gasteiger partial charge on any atom is 0.303 e. The zero-order chi connectivity index (χ0) is 17.6. The van der Waals surface area contributed by atoms with Crippen molar-refractivity contribution < 1.29 is 19.5 Å². The lowest BCUT2D eigenvalue weighted by atomic mass is 9.86. The molecule has 24 heavy (non-hydrogen) atoms. The number of nitrogens with one attached hydrogen (secondary N) is 2. The number of aliphatic carboxylic acids is 1. The lowest BCUT2D eigenvalue weighted by Crippen LogP contribution is -2.43. The van der Waals surface area contributed by atoms with E-state index in [1.807, 2.05) is 18.2 Å². The maximum atomic E-state index is 12.1. The Morgan fingerprint density at radius 2 is 1.96 bits per heavy atom. The summed E-state index contributed by atoms with van der Waals surface area (Å²) < 4.78 is 0. The minimum Gasteiger partial charge on any atom is -0.481 e. The molecule has 0 radical (unpaired) electrons. The first kappa shape index (κ1) is 18.3. The molecule has 3 N–H and O–H groups in total. The first-order valence-corrected chi connectivity index (χ1v) is 8.31. The molecule has 1 fully saturated rings. The molecule has 1 saturated heterocycles. The molecular formula is C17H21ClN2O4. The van der Waals surface area contributed by atoms with E-state index in [-0.39, 0.29) is 24.7 Å². The van der Waals surface area contributed by atoms with Gasteiger partial charge >= 0.3 is 5.97 Å². The van der Waals surface area contributed by atoms with E-state index in [9.17, 15) is 14.4 Å². The highest BCUT2D eigenvalue weighted by molar-refractivity contribution is 6.31. The fraction of sp³-hybridized carbons (Fsp3) is 0.471. The predicted octanol–water partition coefficient (Wildman–Crippen LogP) is 2.25. The Balaban J connectivity index is 1.85. The molecule has 1 aliphatic heterocycles. The molecule has 7 heteroatoms. The Kier molecular flexibility index (Phi) is 6.20. The minimum atomic E-state index is -0.904. The van der Waals surface area contributed by atoms with Crippen molar-refractivity contribution in [1.82, 2.24) is 10.6 Å². The highest BCUT2D eigenvalue weighted by Gasteiger charge is 2.37. The van der Waals surface area contributed by atoms with Crippen molar-refractivity contribution in [1.29, 1.82) is 0 Å². The van der Waals surface area contributed by atoms with Crippen molar-refractivity contribution in [2.75, 3.05) is 0 Å². The molecule has 1 heterocycles. The van der Waals surface area contributed by atoms with Crippen LogP contribution in [0.15, 0.2) is 24.3 Å². The van der Waals surface area contributed by atoms with Crippen molar-refractivity contribution in [3.05, 3.63) is 34.9 Å². The van der Waals surface area contributed by atoms with Crippen LogP contribution >= 0.6 is 11.6 Å². The van der Waals surface area contributed by atoms with Gasteiger partial charge in [0.05, 0.1) is 0 Å². The fourth-order valence-corrected chi connectivity index (χ4v) is 3.10. The smallest absolute Gasteiger partial charge is 0.303 e. The maximum absolute atomic E-state index is 12.1. The topological polar surface area (TPSA) is 95.5 Å². The summed E-state index contributed by atoms with van der Waals surface area (Å²) in [6, 6.07) is 7.27. The van der Waals surface area contributed by atoms with E-state index in [4.69, 9.17) is 16.7 Å². The normalized spacial score (nSPS) is 19.8. The van der Waals surface area contributed by atoms with Gasteiger partial charge in [0.1, 0.15) is 0 Å². The van der Waals surface area contributed by atoms with Crippen molar-refractivity contribution >= 4 is 29.4 Å². The van der Waals surface area contributed by atoms with Crippen LogP contribution < -0.4 is 10.6 Å². The van der Waals surface area contributed by atoms with Gasteiger partial charge in [-0.05, 0) is 30.9 Å². The van der Waals surface area contributed by atoms with Crippen molar-refractivity contribution in [2.24, 2.45) is 0 Å². The number of benzene rings is 1. The van der Waals surface area contributed by atoms with Gasteiger partial charge in [-0.25, -0.2) is 0 Å². The molecule has 0 aliphatic carbocycles. The van der Waals surface area contributed by atoms with Gasteiger partial charge in [-0.2, -0.15) is 0 Å². The van der Waals surface area contributed by atoms with Gasteiger partial charge in [0, 0.05) is 36.4 Å². The van der Waals surface area contributed by atoms with Gasteiger partial charge in [0.15, 0.2) is 0 Å². The third-order valence-electron chi connectivity index (χ3n) is 4.32. The van der Waals surface area contributed by atoms with Crippen LogP contribution in [-0.2, 0) is 20.9 Å². The SMILES string of the molecule is O=C(O)CC[C@@]1(CCC(=O)NCc2ccccc2Cl)CCC(=O)N1. The predicted molar refractivity (Wildman–Crippen MR) is 89.5 cm³/mol. The number of hydrogen-bond acceptors (Lipinski definition) is 3. The average Bonchev–Trinajstić information content (AvgIpc) is 2.92. The van der Waals surface area contributed by atoms with E-state index in [1.165, 1.54) is 0 Å². The highest BCUT2D eigenvalue weighted by Crippen LogP contribution is 2.30. The number of carbonyl (C=O) groups is 3. The Labute approximate surface area is 145 Å². The zero-order valence-corrected chi connectivity index (χ0v) is 14.1. The summed E-state index contributed by atoms with van der Waals surface area (Å²) in [6.45, 7) is 0.340. The monoisotopic (exact) mass is 352 g/mol. The van der Waals surface area contributed by atoms with Crippen LogP contribution in [0, 0.1) is 0 Å². The third-order valence-corrected chi connectivity index (χ3v) is 4.69. The largest absolute Gasteiger partial charge is 0.481 e. The number of carbonyl (C=O) groups excluding carboxylic acids is 2. The standard InChI is InChI=1S/C17H21ClN2O4/c18-13-4-2-1-3-12(13)11-19-14(21)5-8-17(10-7-16(23)24)9-6-15(22)20-17/h1-4H,5-11H2,(H,19,21)(H,20,22)(H,23,24)/t17-/m1/s1. The lowest BCUT2D eigenvalue weighted by Gasteiger charge is -2.28. The second-order valence-corrected chi connectivity index (χ2v) is 6.50. The molecule has 0 bridgehead atoms. The number of hydrogen-bond donors (Lipinski definition) is 3. The van der Waals surface area contributed by atoms with Gasteiger partial charge in [-0.1, -0.05) is 29.8 Å². The van der Waals surface area contributed by atoms with E-state index in [0.717, 1.165) is 5.56 Å². The molecule has 1 aliphatic rings. The molecule has 0 spiro atoms. The van der Waals surface area contributed by atoms with Crippen molar-refractivity contribution in [2.45, 2.75) is 50.6 Å². The Morgan fingerprint density at radius 1 is 1.25 bits per heavy atom. The molecule has 1 atom stereocenters. The first-order chi connectivity index (χ1) is 11.4. The van der Waals surface area contributed by atoms with Crippen molar-refractivity contribution in [3.63, 3.8) is 0 Å². The molecule has 1 aromatic carbocycles. The molecule has 1 aromatic rings. The summed E-state index contributed by atoms with van der Waals surface area (Å²) in [7, 11) is 0. The Morgan fingerprint density at radius 3 is 2.58 bits per heavy atom. The summed E-state index contributed by atoms with van der Waals surface area (Å²) >= 11 is 6.04. The van der Waals surface area contributed by atoms with E-state index in [0.29, 0.717) is 37.3 Å². The van der Waals surface area contributed by atoms with Crippen molar-refractivity contribution in [3.8, 4) is 0 Å². The van der Waals surface area contributed by atoms with E-state index in [1.54, 1.807) is 6.07 Å². The molecular weight excluding hydrogens is 332 g/mol. The highest BCUT2D eigenvalue weighted by atomic mass is 35.5. The summed E-state index contributed by atoms with van der Waals surface area (Å²) in [4.78, 5) is 34.4. The van der Waals surface area contributed by atoms with Gasteiger partial charge in [0.2, 0.25) is 11.8 Å². The lowest BCUT2D eigenvalue weighted by molar-refractivity contribution is -0.137. The Hall–Kier alpha value is -2.08. The number of amides is 2. The first-order valence-electron chi connectivity index (χ1n) is 7.93. The number of halogens is 1. The summed E-state index contributed by atoms with van der Waals surface area (Å²) in [5.74, 6) is -1.14. The quantitative estimate of drug-likeness (QED) is 0.668. The van der Waals surface area contributed by atoms with E-state index >= 15 is 0 Å². The summed E-state index contributed by atoms with van der Waals surface area (Å²) in [6.07, 6.45) is 1.91. The number of carboxylic acid groups (broad SMARTS) is 1. The average molecular weight is 353 g/mol. The van der Waals surface area contributed by atoms with Gasteiger partial charge < -0.3 is 15.7 Å². The van der Waals surface area contributed by atoms with Gasteiger partial charge in [0.25, 0.3) is 0 Å². The third kappa shape index (κ3) is 5.23. The molecule has 6 nitrogen and oxygen atoms in total. The minimum absolute atomic E-state index is 0.0263. The zero-order valence-electron chi connectivity index (χ0n) is 13.3. The Bertz CT molecular complexity index is 635. The van der Waals surface area contributed by atoms with Crippen LogP contribution in [-0.4, -0.2) is 28.4 Å². The van der Waals surface area contributed by atoms with Crippen LogP contribution in [0.3, 0.4) is 0 Å². The molecule has 0 saturated carbocycles. The molecule has 2 amide bonds. The number of carboxylic acids is 1. The van der Waals surface area contributed by atoms with Gasteiger partial charge in [-0.3, -0.25) is 14.4 Å². The summed E-state index contributed by atoms with van der Waals surface area (Å²) in [5, 5.41) is 15.1. The fourth-order valence-electron chi connectivity index (χ4n) is 2.90. The van der Waals surface area contributed by atoms with Crippen LogP contribution in [0.25, 0.3) is 0 Å². The van der Waals surface area contributed by atoms with E-state index in [2.05, 4.69) is 10.6 Å². The van der Waals surface area contributed by atoms with Crippen LogP contribution in [0.1, 0.15) is 44.1 Å². The molecule has 130 valence electrons. The van der Waals surface area contributed by atoms with E-state index < -0.39 is 11.5 Å². The van der Waals surface area contributed by atoms with Crippen LogP contribution in [0.5, 0.6) is 0 Å².